The van der Waals surface area contributed by atoms with Crippen molar-refractivity contribution in [1.29, 1.82) is 0 Å². The molecule has 0 bridgehead atoms. The standard InChI is InChI=1S/C15H23N3O3/c1-9(8-15(2,3)21-4)18-12-6-10(13(16)19)5-11(7-12)14(17)20/h5-7,9,18H,8H2,1-4H3,(H2,16,19)(H2,17,20). The molecule has 0 aliphatic rings. The summed E-state index contributed by atoms with van der Waals surface area (Å²) in [6.07, 6.45) is 0.746. The lowest BCUT2D eigenvalue weighted by Crippen LogP contribution is -2.31. The van der Waals surface area contributed by atoms with Crippen LogP contribution < -0.4 is 16.8 Å². The molecule has 0 saturated carbocycles. The summed E-state index contributed by atoms with van der Waals surface area (Å²) in [5.41, 5.74) is 11.4. The number of carbonyl (C=O) groups excluding carboxylic acids is 2. The molecule has 21 heavy (non-hydrogen) atoms. The monoisotopic (exact) mass is 293 g/mol. The minimum absolute atomic E-state index is 0.0730. The summed E-state index contributed by atoms with van der Waals surface area (Å²) in [7, 11) is 1.66. The Bertz CT molecular complexity index is 509. The predicted molar refractivity (Wildman–Crippen MR) is 82.3 cm³/mol. The number of hydrogen-bond acceptors (Lipinski definition) is 4. The summed E-state index contributed by atoms with van der Waals surface area (Å²) in [6, 6.07) is 4.67. The van der Waals surface area contributed by atoms with Crippen LogP contribution in [0.25, 0.3) is 0 Å². The summed E-state index contributed by atoms with van der Waals surface area (Å²) in [4.78, 5) is 22.6. The van der Waals surface area contributed by atoms with E-state index in [0.717, 1.165) is 6.42 Å². The highest BCUT2D eigenvalue weighted by Gasteiger charge is 2.20. The van der Waals surface area contributed by atoms with Gasteiger partial charge < -0.3 is 21.5 Å². The van der Waals surface area contributed by atoms with Gasteiger partial charge in [-0.3, -0.25) is 9.59 Å². The van der Waals surface area contributed by atoms with Crippen LogP contribution in [-0.2, 0) is 4.74 Å². The molecule has 1 unspecified atom stereocenters. The number of hydrogen-bond donors (Lipinski definition) is 3. The highest BCUT2D eigenvalue weighted by molar-refractivity contribution is 5.99. The van der Waals surface area contributed by atoms with Gasteiger partial charge >= 0.3 is 0 Å². The van der Waals surface area contributed by atoms with Gasteiger partial charge in [-0.15, -0.1) is 0 Å². The summed E-state index contributed by atoms with van der Waals surface area (Å²) in [5, 5.41) is 3.23. The highest BCUT2D eigenvalue weighted by Crippen LogP contribution is 2.20. The third kappa shape index (κ3) is 5.07. The van der Waals surface area contributed by atoms with Gasteiger partial charge in [-0.05, 0) is 45.4 Å². The number of nitrogens with two attached hydrogens (primary N) is 2. The van der Waals surface area contributed by atoms with Crippen LogP contribution in [0.4, 0.5) is 5.69 Å². The molecule has 6 heteroatoms. The van der Waals surface area contributed by atoms with E-state index in [1.165, 1.54) is 6.07 Å². The molecule has 1 aromatic carbocycles. The van der Waals surface area contributed by atoms with Crippen molar-refractivity contribution in [2.24, 2.45) is 11.5 Å². The molecule has 0 radical (unpaired) electrons. The Kier molecular flexibility index (Phi) is 5.32. The smallest absolute Gasteiger partial charge is 0.248 e. The van der Waals surface area contributed by atoms with Crippen molar-refractivity contribution < 1.29 is 14.3 Å². The van der Waals surface area contributed by atoms with Gasteiger partial charge in [0, 0.05) is 30.0 Å². The van der Waals surface area contributed by atoms with Gasteiger partial charge in [0.1, 0.15) is 0 Å². The molecule has 0 aromatic heterocycles. The van der Waals surface area contributed by atoms with E-state index in [2.05, 4.69) is 5.32 Å². The number of rotatable bonds is 7. The number of amides is 2. The summed E-state index contributed by atoms with van der Waals surface area (Å²) in [5.74, 6) is -1.21. The first kappa shape index (κ1) is 17.0. The third-order valence-corrected chi connectivity index (χ3v) is 3.27. The highest BCUT2D eigenvalue weighted by atomic mass is 16.5. The lowest BCUT2D eigenvalue weighted by molar-refractivity contribution is 0.0128. The molecule has 5 N–H and O–H groups in total. The van der Waals surface area contributed by atoms with Crippen LogP contribution in [-0.4, -0.2) is 30.6 Å². The Morgan fingerprint density at radius 1 is 1.19 bits per heavy atom. The Morgan fingerprint density at radius 3 is 2.05 bits per heavy atom. The lowest BCUT2D eigenvalue weighted by Gasteiger charge is -2.27. The Labute approximate surface area is 124 Å². The second kappa shape index (κ2) is 6.58. The van der Waals surface area contributed by atoms with E-state index in [0.29, 0.717) is 5.69 Å². The van der Waals surface area contributed by atoms with Crippen LogP contribution in [0, 0.1) is 0 Å². The summed E-state index contributed by atoms with van der Waals surface area (Å²) in [6.45, 7) is 5.96. The lowest BCUT2D eigenvalue weighted by atomic mass is 9.99. The van der Waals surface area contributed by atoms with Crippen molar-refractivity contribution in [1.82, 2.24) is 0 Å². The van der Waals surface area contributed by atoms with E-state index in [1.807, 2.05) is 20.8 Å². The van der Waals surface area contributed by atoms with E-state index in [9.17, 15) is 9.59 Å². The van der Waals surface area contributed by atoms with Gasteiger partial charge in [0.05, 0.1) is 5.60 Å². The van der Waals surface area contributed by atoms with Gasteiger partial charge in [-0.25, -0.2) is 0 Å². The molecule has 116 valence electrons. The Balaban J connectivity index is 2.97. The van der Waals surface area contributed by atoms with Crippen molar-refractivity contribution >= 4 is 17.5 Å². The van der Waals surface area contributed by atoms with Crippen LogP contribution >= 0.6 is 0 Å². The summed E-state index contributed by atoms with van der Waals surface area (Å²) < 4.78 is 5.38. The van der Waals surface area contributed by atoms with E-state index in [4.69, 9.17) is 16.2 Å². The largest absolute Gasteiger partial charge is 0.382 e. The first-order chi connectivity index (χ1) is 9.64. The zero-order valence-electron chi connectivity index (χ0n) is 12.9. The SMILES string of the molecule is COC(C)(C)CC(C)Nc1cc(C(N)=O)cc(C(N)=O)c1. The molecule has 6 nitrogen and oxygen atoms in total. The normalized spacial score (nSPS) is 12.8. The first-order valence-corrected chi connectivity index (χ1v) is 6.71. The zero-order chi connectivity index (χ0) is 16.2. The zero-order valence-corrected chi connectivity index (χ0v) is 12.9. The number of carbonyl (C=O) groups is 2. The quantitative estimate of drug-likeness (QED) is 0.708. The molecule has 0 spiro atoms. The molecular weight excluding hydrogens is 270 g/mol. The second-order valence-electron chi connectivity index (χ2n) is 5.74. The average Bonchev–Trinajstić information content (AvgIpc) is 2.37. The Hall–Kier alpha value is -2.08. The second-order valence-corrected chi connectivity index (χ2v) is 5.74. The van der Waals surface area contributed by atoms with Crippen molar-refractivity contribution in [2.45, 2.75) is 38.8 Å². The molecule has 0 heterocycles. The topological polar surface area (TPSA) is 107 Å². The van der Waals surface area contributed by atoms with Gasteiger partial charge in [-0.1, -0.05) is 0 Å². The maximum atomic E-state index is 11.3. The molecule has 0 aliphatic heterocycles. The number of methoxy groups -OCH3 is 1. The van der Waals surface area contributed by atoms with Crippen LogP contribution in [0.15, 0.2) is 18.2 Å². The minimum atomic E-state index is -0.606. The fourth-order valence-corrected chi connectivity index (χ4v) is 2.15. The third-order valence-electron chi connectivity index (χ3n) is 3.27. The fraction of sp³-hybridized carbons (Fsp3) is 0.467. The molecule has 1 atom stereocenters. The number of anilines is 1. The molecule has 0 aliphatic carbocycles. The van der Waals surface area contributed by atoms with Gasteiger partial charge in [0.2, 0.25) is 11.8 Å². The maximum Gasteiger partial charge on any atom is 0.248 e. The maximum absolute atomic E-state index is 11.3. The number of primary amides is 2. The molecule has 2 amide bonds. The number of benzene rings is 1. The summed E-state index contributed by atoms with van der Waals surface area (Å²) >= 11 is 0. The van der Waals surface area contributed by atoms with E-state index < -0.39 is 11.8 Å². The van der Waals surface area contributed by atoms with Crippen molar-refractivity contribution in [3.63, 3.8) is 0 Å². The van der Waals surface area contributed by atoms with Crippen LogP contribution in [0.3, 0.4) is 0 Å². The van der Waals surface area contributed by atoms with Crippen LogP contribution in [0.1, 0.15) is 47.9 Å². The minimum Gasteiger partial charge on any atom is -0.382 e. The predicted octanol–water partition coefficient (Wildman–Crippen LogP) is 1.50. The molecule has 0 fully saturated rings. The van der Waals surface area contributed by atoms with Crippen LogP contribution in [0.5, 0.6) is 0 Å². The van der Waals surface area contributed by atoms with E-state index in [-0.39, 0.29) is 22.8 Å². The van der Waals surface area contributed by atoms with Crippen molar-refractivity contribution in [3.8, 4) is 0 Å². The van der Waals surface area contributed by atoms with Gasteiger partial charge in [0.25, 0.3) is 0 Å². The fourth-order valence-electron chi connectivity index (χ4n) is 2.15. The first-order valence-electron chi connectivity index (χ1n) is 6.71. The van der Waals surface area contributed by atoms with Crippen molar-refractivity contribution in [2.75, 3.05) is 12.4 Å². The van der Waals surface area contributed by atoms with Crippen molar-refractivity contribution in [3.05, 3.63) is 29.3 Å². The average molecular weight is 293 g/mol. The number of ether oxygens (including phenoxy) is 1. The molecular formula is C15H23N3O3. The van der Waals surface area contributed by atoms with Gasteiger partial charge in [-0.2, -0.15) is 0 Å². The molecule has 0 saturated heterocycles. The van der Waals surface area contributed by atoms with Gasteiger partial charge in [0.15, 0.2) is 0 Å². The Morgan fingerprint density at radius 2 is 1.67 bits per heavy atom. The van der Waals surface area contributed by atoms with E-state index in [1.54, 1.807) is 19.2 Å². The van der Waals surface area contributed by atoms with Crippen LogP contribution in [0.2, 0.25) is 0 Å². The van der Waals surface area contributed by atoms with E-state index >= 15 is 0 Å². The number of nitrogens with one attached hydrogen (secondary N) is 1. The molecule has 1 aromatic rings. The molecule has 1 rings (SSSR count).